The van der Waals surface area contributed by atoms with Gasteiger partial charge in [-0.1, -0.05) is 38.5 Å². The molecular weight excluding hydrogens is 440 g/mol. The number of hydrogen-bond donors (Lipinski definition) is 3. The number of para-hydroxylation sites is 1. The maximum Gasteiger partial charge on any atom is 0.258 e. The number of rotatable bonds is 8. The summed E-state index contributed by atoms with van der Waals surface area (Å²) >= 11 is 0. The number of carbonyl (C=O) groups is 2. The fourth-order valence-corrected chi connectivity index (χ4v) is 4.43. The second kappa shape index (κ2) is 10.5. The van der Waals surface area contributed by atoms with Crippen molar-refractivity contribution in [2.45, 2.75) is 45.1 Å². The molecule has 1 saturated carbocycles. The first-order valence-electron chi connectivity index (χ1n) is 12.0. The number of aromatic nitrogens is 2. The van der Waals surface area contributed by atoms with Crippen molar-refractivity contribution in [3.63, 3.8) is 0 Å². The van der Waals surface area contributed by atoms with E-state index >= 15 is 0 Å². The van der Waals surface area contributed by atoms with E-state index in [1.54, 1.807) is 24.1 Å². The van der Waals surface area contributed by atoms with Gasteiger partial charge in [0.05, 0.1) is 5.92 Å². The van der Waals surface area contributed by atoms with Gasteiger partial charge in [-0.25, -0.2) is 4.98 Å². The summed E-state index contributed by atoms with van der Waals surface area (Å²) in [6.07, 6.45) is 4.45. The van der Waals surface area contributed by atoms with E-state index in [9.17, 15) is 9.59 Å². The number of primary amides is 1. The summed E-state index contributed by atoms with van der Waals surface area (Å²) in [5.74, 6) is 0.809. The summed E-state index contributed by atoms with van der Waals surface area (Å²) in [6, 6.07) is 16.7. The van der Waals surface area contributed by atoms with Crippen molar-refractivity contribution in [1.82, 2.24) is 9.97 Å². The lowest BCUT2D eigenvalue weighted by atomic mass is 10.0. The largest absolute Gasteiger partial charge is 0.369 e. The first-order chi connectivity index (χ1) is 16.8. The Balaban J connectivity index is 1.49. The Morgan fingerprint density at radius 2 is 1.77 bits per heavy atom. The molecule has 1 aromatic heterocycles. The Labute approximate surface area is 206 Å². The van der Waals surface area contributed by atoms with Gasteiger partial charge in [-0.3, -0.25) is 9.59 Å². The van der Waals surface area contributed by atoms with E-state index in [1.165, 1.54) is 0 Å². The fraction of sp³-hybridized carbons (Fsp3) is 0.333. The van der Waals surface area contributed by atoms with Crippen LogP contribution in [-0.4, -0.2) is 34.9 Å². The number of amides is 2. The van der Waals surface area contributed by atoms with Crippen LogP contribution in [0.5, 0.6) is 0 Å². The number of hydrogen-bond acceptors (Lipinski definition) is 6. The number of nitrogens with zero attached hydrogens (tertiary/aromatic N) is 3. The standard InChI is InChI=1S/C27H32N6O2/c1-17(2)22-16-29-27(32-25(22)31-23-11-7-10-21(23)24(28)34)30-19-14-12-18(13-15-19)26(35)33(3)20-8-5-4-6-9-20/h4-6,8-9,12-17,21,23H,7,10-11H2,1-3H3,(H2,28,34)(H2,29,30,31,32)/t21-,23+/m0/s1. The molecule has 2 atom stereocenters. The number of carbonyl (C=O) groups excluding carboxylic acids is 2. The van der Waals surface area contributed by atoms with Crippen molar-refractivity contribution < 1.29 is 9.59 Å². The average molecular weight is 473 g/mol. The number of nitrogens with one attached hydrogen (secondary N) is 2. The quantitative estimate of drug-likeness (QED) is 0.438. The molecule has 4 rings (SSSR count). The van der Waals surface area contributed by atoms with Gasteiger partial charge >= 0.3 is 0 Å². The van der Waals surface area contributed by atoms with Crippen LogP contribution in [0.3, 0.4) is 0 Å². The molecule has 1 heterocycles. The van der Waals surface area contributed by atoms with Gasteiger partial charge in [-0.05, 0) is 55.2 Å². The Morgan fingerprint density at radius 1 is 1.06 bits per heavy atom. The normalized spacial score (nSPS) is 17.3. The highest BCUT2D eigenvalue weighted by molar-refractivity contribution is 6.05. The summed E-state index contributed by atoms with van der Waals surface area (Å²) in [5.41, 5.74) is 8.77. The lowest BCUT2D eigenvalue weighted by Crippen LogP contribution is -2.34. The molecule has 182 valence electrons. The van der Waals surface area contributed by atoms with E-state index in [0.717, 1.165) is 36.2 Å². The van der Waals surface area contributed by atoms with Crippen molar-refractivity contribution in [2.24, 2.45) is 11.7 Å². The Kier molecular flexibility index (Phi) is 7.29. The number of benzene rings is 2. The summed E-state index contributed by atoms with van der Waals surface area (Å²) in [7, 11) is 1.76. The van der Waals surface area contributed by atoms with E-state index in [-0.39, 0.29) is 29.7 Å². The molecule has 8 heteroatoms. The Morgan fingerprint density at radius 3 is 2.43 bits per heavy atom. The van der Waals surface area contributed by atoms with Gasteiger partial charge in [-0.15, -0.1) is 0 Å². The monoisotopic (exact) mass is 472 g/mol. The van der Waals surface area contributed by atoms with Gasteiger partial charge in [0.1, 0.15) is 5.82 Å². The summed E-state index contributed by atoms with van der Waals surface area (Å²) in [5, 5.41) is 6.68. The molecule has 8 nitrogen and oxygen atoms in total. The first-order valence-corrected chi connectivity index (χ1v) is 12.0. The molecule has 2 aromatic carbocycles. The minimum atomic E-state index is -0.272. The highest BCUT2D eigenvalue weighted by atomic mass is 16.2. The van der Waals surface area contributed by atoms with Crippen LogP contribution in [0.4, 0.5) is 23.1 Å². The topological polar surface area (TPSA) is 113 Å². The molecule has 0 radical (unpaired) electrons. The molecule has 0 spiro atoms. The highest BCUT2D eigenvalue weighted by Gasteiger charge is 2.32. The third-order valence-corrected chi connectivity index (χ3v) is 6.48. The maximum absolute atomic E-state index is 12.8. The molecule has 0 aliphatic heterocycles. The molecule has 2 amide bonds. The molecule has 1 aliphatic carbocycles. The Hall–Kier alpha value is -3.94. The van der Waals surface area contributed by atoms with Crippen molar-refractivity contribution in [3.05, 3.63) is 71.9 Å². The number of nitrogens with two attached hydrogens (primary N) is 1. The molecule has 35 heavy (non-hydrogen) atoms. The van der Waals surface area contributed by atoms with E-state index in [4.69, 9.17) is 10.7 Å². The second-order valence-corrected chi connectivity index (χ2v) is 9.24. The van der Waals surface area contributed by atoms with Crippen molar-refractivity contribution in [3.8, 4) is 0 Å². The predicted molar refractivity (Wildman–Crippen MR) is 139 cm³/mol. The van der Waals surface area contributed by atoms with E-state index in [1.807, 2.05) is 48.7 Å². The maximum atomic E-state index is 12.8. The van der Waals surface area contributed by atoms with Crippen molar-refractivity contribution in [1.29, 1.82) is 0 Å². The van der Waals surface area contributed by atoms with Gasteiger partial charge in [0.25, 0.3) is 5.91 Å². The molecule has 1 fully saturated rings. The molecule has 4 N–H and O–H groups in total. The molecule has 1 aliphatic rings. The molecule has 3 aromatic rings. The van der Waals surface area contributed by atoms with Crippen LogP contribution < -0.4 is 21.3 Å². The van der Waals surface area contributed by atoms with Gasteiger partial charge in [0, 0.05) is 41.8 Å². The minimum absolute atomic E-state index is 0.0281. The van der Waals surface area contributed by atoms with Crippen LogP contribution >= 0.6 is 0 Å². The van der Waals surface area contributed by atoms with Crippen LogP contribution in [0.1, 0.15) is 54.9 Å². The zero-order valence-electron chi connectivity index (χ0n) is 20.4. The summed E-state index contributed by atoms with van der Waals surface area (Å²) < 4.78 is 0. The van der Waals surface area contributed by atoms with Gasteiger partial charge in [0.2, 0.25) is 11.9 Å². The Bertz CT molecular complexity index is 1180. The predicted octanol–water partition coefficient (Wildman–Crippen LogP) is 4.69. The summed E-state index contributed by atoms with van der Waals surface area (Å²) in [6.45, 7) is 4.17. The first kappa shape index (κ1) is 24.2. The van der Waals surface area contributed by atoms with Crippen molar-refractivity contribution in [2.75, 3.05) is 22.6 Å². The minimum Gasteiger partial charge on any atom is -0.369 e. The fourth-order valence-electron chi connectivity index (χ4n) is 4.43. The molecule has 0 unspecified atom stereocenters. The van der Waals surface area contributed by atoms with Crippen LogP contribution in [0.25, 0.3) is 0 Å². The van der Waals surface area contributed by atoms with Crippen LogP contribution in [0.2, 0.25) is 0 Å². The lowest BCUT2D eigenvalue weighted by Gasteiger charge is -2.22. The van der Waals surface area contributed by atoms with Gasteiger partial charge < -0.3 is 21.3 Å². The second-order valence-electron chi connectivity index (χ2n) is 9.24. The number of anilines is 4. The van der Waals surface area contributed by atoms with Crippen LogP contribution in [0, 0.1) is 5.92 Å². The molecule has 0 bridgehead atoms. The van der Waals surface area contributed by atoms with Crippen LogP contribution in [0.15, 0.2) is 60.8 Å². The average Bonchev–Trinajstić information content (AvgIpc) is 3.32. The van der Waals surface area contributed by atoms with Gasteiger partial charge in [0.15, 0.2) is 0 Å². The summed E-state index contributed by atoms with van der Waals surface area (Å²) in [4.78, 5) is 35.5. The van der Waals surface area contributed by atoms with E-state index in [2.05, 4.69) is 29.5 Å². The molecule has 0 saturated heterocycles. The lowest BCUT2D eigenvalue weighted by molar-refractivity contribution is -0.121. The third kappa shape index (κ3) is 5.59. The SMILES string of the molecule is CC(C)c1cnc(Nc2ccc(C(=O)N(C)c3ccccc3)cc2)nc1N[C@@H]1CCC[C@@H]1C(N)=O. The van der Waals surface area contributed by atoms with Crippen molar-refractivity contribution >= 4 is 35.0 Å². The zero-order valence-corrected chi connectivity index (χ0v) is 20.4. The third-order valence-electron chi connectivity index (χ3n) is 6.48. The van der Waals surface area contributed by atoms with E-state index < -0.39 is 0 Å². The van der Waals surface area contributed by atoms with Gasteiger partial charge in [-0.2, -0.15) is 4.98 Å². The van der Waals surface area contributed by atoms with Crippen LogP contribution in [-0.2, 0) is 4.79 Å². The zero-order chi connectivity index (χ0) is 24.9. The smallest absolute Gasteiger partial charge is 0.258 e. The highest BCUT2D eigenvalue weighted by Crippen LogP contribution is 2.31. The van der Waals surface area contributed by atoms with E-state index in [0.29, 0.717) is 17.3 Å². The molecular formula is C27H32N6O2.